The number of hydrogen-bond acceptors (Lipinski definition) is 16. The Morgan fingerprint density at radius 2 is 0.867 bits per heavy atom. The molecule has 432 valence electrons. The largest absolute Gasteiger partial charge is 0.442 e. The molecule has 4 heterocycles. The van der Waals surface area contributed by atoms with Gasteiger partial charge in [0, 0.05) is 116 Å². The topological polar surface area (TPSA) is 221 Å². The van der Waals surface area contributed by atoms with E-state index in [-0.39, 0.29) is 30.5 Å². The molecule has 3 aliphatic heterocycles. The van der Waals surface area contributed by atoms with Gasteiger partial charge in [-0.1, -0.05) is 78.6 Å². The Bertz CT molecular complexity index is 1930. The first kappa shape index (κ1) is 63.5. The van der Waals surface area contributed by atoms with Crippen LogP contribution in [-0.4, -0.2) is 184 Å². The van der Waals surface area contributed by atoms with Gasteiger partial charge in [0.25, 0.3) is 0 Å². The predicted molar refractivity (Wildman–Crippen MR) is 288 cm³/mol. The van der Waals surface area contributed by atoms with Crippen molar-refractivity contribution in [2.75, 3.05) is 105 Å². The minimum Gasteiger partial charge on any atom is -0.442 e. The van der Waals surface area contributed by atoms with Crippen molar-refractivity contribution in [1.82, 2.24) is 39.8 Å². The molecule has 0 aromatic carbocycles. The fourth-order valence-electron chi connectivity index (χ4n) is 8.58. The maximum Gasteiger partial charge on any atom is 0.425 e. The number of nitrogens with one attached hydrogen (secondary N) is 3. The minimum absolute atomic E-state index is 0.0157. The minimum atomic E-state index is -0.738. The second kappa shape index (κ2) is 37.7. The summed E-state index contributed by atoms with van der Waals surface area (Å²) in [4.78, 5) is 76.4. The van der Waals surface area contributed by atoms with Crippen LogP contribution in [0.4, 0.5) is 14.4 Å². The van der Waals surface area contributed by atoms with Crippen LogP contribution in [0.2, 0.25) is 0 Å². The smallest absolute Gasteiger partial charge is 0.425 e. The lowest BCUT2D eigenvalue weighted by Crippen LogP contribution is -2.47. The number of carbonyl (C=O) groups is 3. The summed E-state index contributed by atoms with van der Waals surface area (Å²) in [6.45, 7) is 23.2. The molecule has 75 heavy (non-hydrogen) atoms. The van der Waals surface area contributed by atoms with Crippen molar-refractivity contribution in [3.63, 3.8) is 0 Å². The molecule has 1 aromatic rings. The second-order valence-electron chi connectivity index (χ2n) is 20.9. The van der Waals surface area contributed by atoms with Crippen LogP contribution in [0.1, 0.15) is 157 Å². The van der Waals surface area contributed by atoms with E-state index in [0.29, 0.717) is 129 Å². The summed E-state index contributed by atoms with van der Waals surface area (Å²) >= 11 is 0. The fourth-order valence-corrected chi connectivity index (χ4v) is 8.58. The zero-order valence-corrected chi connectivity index (χ0v) is 47.0. The average molecular weight is 1070 g/mol. The van der Waals surface area contributed by atoms with Gasteiger partial charge >= 0.3 is 35.4 Å². The van der Waals surface area contributed by atoms with Gasteiger partial charge in [-0.2, -0.15) is 0 Å². The summed E-state index contributed by atoms with van der Waals surface area (Å²) in [6, 6.07) is 1.51. The number of rotatable bonds is 45. The number of nitrogens with zero attached hydrogens (tertiary/aromatic N) is 6. The Kier molecular flexibility index (Phi) is 31.9. The van der Waals surface area contributed by atoms with Crippen molar-refractivity contribution in [1.29, 1.82) is 0 Å². The number of ether oxygens (including phenoxy) is 6. The molecule has 3 aliphatic rings. The Hall–Kier alpha value is -4.02. The molecule has 0 aliphatic carbocycles. The van der Waals surface area contributed by atoms with E-state index in [1.165, 1.54) is 4.57 Å². The summed E-state index contributed by atoms with van der Waals surface area (Å²) in [7, 11) is 0. The Morgan fingerprint density at radius 1 is 0.520 bits per heavy atom. The molecule has 0 saturated carbocycles. The van der Waals surface area contributed by atoms with E-state index in [0.717, 1.165) is 121 Å². The van der Waals surface area contributed by atoms with Gasteiger partial charge in [0.2, 0.25) is 0 Å². The molecule has 3 fully saturated rings. The normalized spacial score (nSPS) is 21.0. The van der Waals surface area contributed by atoms with Crippen molar-refractivity contribution < 1.29 is 47.2 Å². The van der Waals surface area contributed by atoms with E-state index in [9.17, 15) is 24.0 Å². The summed E-state index contributed by atoms with van der Waals surface area (Å²) in [5.74, 6) is -0.738. The van der Waals surface area contributed by atoms with Crippen LogP contribution in [0.15, 0.2) is 19.0 Å². The number of hydrogen-bond donors (Lipinski definition) is 3. The van der Waals surface area contributed by atoms with Crippen LogP contribution >= 0.6 is 0 Å². The Morgan fingerprint density at radius 3 is 1.23 bits per heavy atom. The van der Waals surface area contributed by atoms with Gasteiger partial charge in [0.05, 0.1) is 19.8 Å². The van der Waals surface area contributed by atoms with Crippen LogP contribution in [0, 0.1) is 0 Å². The van der Waals surface area contributed by atoms with Gasteiger partial charge in [-0.05, 0) is 78.6 Å². The maximum absolute atomic E-state index is 13.9. The highest BCUT2D eigenvalue weighted by molar-refractivity contribution is 5.68. The summed E-state index contributed by atoms with van der Waals surface area (Å²) in [5, 5.41) is 8.62. The molecular formula is C54H99N9O12. The lowest BCUT2D eigenvalue weighted by Gasteiger charge is -2.19. The van der Waals surface area contributed by atoms with Crippen molar-refractivity contribution in [2.45, 2.75) is 207 Å². The molecule has 21 heteroatoms. The van der Waals surface area contributed by atoms with Gasteiger partial charge < -0.3 is 48.8 Å². The standard InChI is InChI=1S/C54H99N9O12/c1-7-10-31-69-40-46(37-59-34-43(59)4)72-50(64)56-26-20-14-13-19-25-55-49-62(29-23-17-15-21-27-57-51(65)73-47(38-60-35-44(60)5)41-70-32-11-8-2)53(67)63(54(68)75-49)30-24-18-16-22-28-58-52(66)74-48(39-61-36-45(61)6)42-71-33-12-9-3/h43-48H,7-42H2,1-6H3,(H,56,64)(H,57,65)(H,58,66). The highest BCUT2D eigenvalue weighted by Gasteiger charge is 2.34. The van der Waals surface area contributed by atoms with E-state index in [2.05, 4.69) is 77.2 Å². The van der Waals surface area contributed by atoms with Crippen molar-refractivity contribution >= 4 is 18.3 Å². The zero-order chi connectivity index (χ0) is 54.0. The van der Waals surface area contributed by atoms with Gasteiger partial charge in [-0.25, -0.2) is 38.1 Å². The first-order chi connectivity index (χ1) is 36.4. The second-order valence-corrected chi connectivity index (χ2v) is 20.9. The Labute approximate surface area is 447 Å². The van der Waals surface area contributed by atoms with Gasteiger partial charge in [0.1, 0.15) is 18.3 Å². The fraction of sp³-hybridized carbons (Fsp3) is 0.889. The zero-order valence-electron chi connectivity index (χ0n) is 47.0. The van der Waals surface area contributed by atoms with Crippen molar-refractivity contribution in [2.24, 2.45) is 4.99 Å². The summed E-state index contributed by atoms with van der Waals surface area (Å²) < 4.78 is 42.8. The van der Waals surface area contributed by atoms with Crippen LogP contribution in [0.25, 0.3) is 0 Å². The third kappa shape index (κ3) is 28.3. The Balaban J connectivity index is 1.22. The third-order valence-corrected chi connectivity index (χ3v) is 13.8. The number of aromatic nitrogens is 2. The van der Waals surface area contributed by atoms with Crippen LogP contribution in [0.3, 0.4) is 0 Å². The van der Waals surface area contributed by atoms with E-state index >= 15 is 0 Å². The first-order valence-corrected chi connectivity index (χ1v) is 29.1. The number of carbonyl (C=O) groups excluding carboxylic acids is 3. The van der Waals surface area contributed by atoms with Gasteiger partial charge in [-0.3, -0.25) is 14.7 Å². The molecule has 3 amide bonds. The van der Waals surface area contributed by atoms with Crippen LogP contribution in [-0.2, 0) is 41.5 Å². The van der Waals surface area contributed by atoms with Gasteiger partial charge in [-0.15, -0.1) is 0 Å². The van der Waals surface area contributed by atoms with Crippen LogP contribution < -0.4 is 33.1 Å². The number of alkyl carbamates (subject to hydrolysis) is 3. The maximum atomic E-state index is 13.9. The lowest BCUT2D eigenvalue weighted by molar-refractivity contribution is 0.0124. The SMILES string of the molecule is CCCCOCC(CN1CC1C)OC(=O)NCCCCCCN=c1oc(=O)n(CCCCCCNC(=O)OC(COCCCC)CN2CC2C)c(=O)n1CCCCCCNC(=O)OC(COCCCC)CN1CC1C. The third-order valence-electron chi connectivity index (χ3n) is 13.8. The highest BCUT2D eigenvalue weighted by atomic mass is 16.6. The molecular weight excluding hydrogens is 967 g/mol. The molecule has 0 bridgehead atoms. The average Bonchev–Trinajstić information content (AvgIpc) is 4.35. The van der Waals surface area contributed by atoms with E-state index in [1.807, 2.05) is 0 Å². The highest BCUT2D eigenvalue weighted by Crippen LogP contribution is 2.19. The van der Waals surface area contributed by atoms with E-state index < -0.39 is 29.7 Å². The lowest BCUT2D eigenvalue weighted by atomic mass is 10.2. The van der Waals surface area contributed by atoms with Crippen molar-refractivity contribution in [3.05, 3.63) is 26.7 Å². The predicted octanol–water partition coefficient (Wildman–Crippen LogP) is 6.03. The first-order valence-electron chi connectivity index (χ1n) is 29.1. The molecule has 3 saturated heterocycles. The molecule has 4 rings (SSSR count). The summed E-state index contributed by atoms with van der Waals surface area (Å²) in [6.07, 6.45) is 12.7. The molecule has 3 N–H and O–H groups in total. The van der Waals surface area contributed by atoms with Crippen molar-refractivity contribution in [3.8, 4) is 0 Å². The quantitative estimate of drug-likeness (QED) is 0.0386. The number of unbranched alkanes of at least 4 members (excludes halogenated alkanes) is 12. The molecule has 9 unspecified atom stereocenters. The van der Waals surface area contributed by atoms with E-state index in [1.54, 1.807) is 0 Å². The van der Waals surface area contributed by atoms with Crippen LogP contribution in [0.5, 0.6) is 0 Å². The monoisotopic (exact) mass is 1070 g/mol. The van der Waals surface area contributed by atoms with Gasteiger partial charge in [0.15, 0.2) is 0 Å². The molecule has 0 radical (unpaired) electrons. The molecule has 9 atom stereocenters. The number of amides is 3. The molecule has 21 nitrogen and oxygen atoms in total. The molecule has 0 spiro atoms. The summed E-state index contributed by atoms with van der Waals surface area (Å²) in [5.41, 5.74) is -0.437. The van der Waals surface area contributed by atoms with E-state index in [4.69, 9.17) is 32.8 Å². The molecule has 1 aromatic heterocycles.